The molecular weight excluding hydrogens is 912 g/mol. The average molecular weight is 959 g/mol. The van der Waals surface area contributed by atoms with E-state index in [0.717, 1.165) is 11.1 Å². The molecule has 2 aromatic carbocycles. The van der Waals surface area contributed by atoms with Gasteiger partial charge in [0.2, 0.25) is 27.3 Å². The molecular formula is C40H46N14Na2O8P2. The number of carbonyl (C=O) groups is 2. The van der Waals surface area contributed by atoms with Crippen LogP contribution in [-0.4, -0.2) is 76.1 Å². The van der Waals surface area contributed by atoms with Crippen molar-refractivity contribution < 1.29 is 96.7 Å². The monoisotopic (exact) mass is 958 g/mol. The molecule has 2 aliphatic carbocycles. The van der Waals surface area contributed by atoms with E-state index in [1.54, 1.807) is 12.7 Å². The van der Waals surface area contributed by atoms with Gasteiger partial charge in [-0.05, 0) is 36.8 Å². The molecule has 0 fully saturated rings. The third-order valence-electron chi connectivity index (χ3n) is 10.5. The Morgan fingerprint density at radius 1 is 0.636 bits per heavy atom. The predicted molar refractivity (Wildman–Crippen MR) is 232 cm³/mol. The van der Waals surface area contributed by atoms with Crippen LogP contribution < -0.4 is 102 Å². The van der Waals surface area contributed by atoms with Gasteiger partial charge in [-0.15, -0.1) is 0 Å². The molecule has 8 rings (SSSR count). The van der Waals surface area contributed by atoms with Crippen molar-refractivity contribution in [2.45, 2.75) is 49.9 Å². The second-order valence-electron chi connectivity index (χ2n) is 15.2. The number of nitrogens with two attached hydrogens (primary N) is 4. The van der Waals surface area contributed by atoms with Gasteiger partial charge in [-0.2, -0.15) is 0 Å². The van der Waals surface area contributed by atoms with Crippen LogP contribution in [-0.2, 0) is 40.6 Å². The van der Waals surface area contributed by atoms with Crippen molar-refractivity contribution in [3.63, 3.8) is 0 Å². The standard InChI is InChI=1S/2C20H24N7O4P.2Na/c2*21-16(9-13-4-2-1-3-5-13)20(28)26-32(29,30)31-10-14-6-7-15(8-14)27-12-25-17-18(22)23-11-24-19(17)27;;/h2*1-7,11-12,14-16H,8-10,21H2,(H2,22,23,24)(H2,26,28,29,30);;/q;;2*+1/p-2/t2*14-,15+,16-;;/m00../s1. The molecule has 22 nitrogen and oxygen atoms in total. The molecule has 26 heteroatoms. The Balaban J connectivity index is 0.000000240. The van der Waals surface area contributed by atoms with Crippen molar-refractivity contribution >= 4 is 61.3 Å². The molecule has 0 aliphatic heterocycles. The van der Waals surface area contributed by atoms with Crippen LogP contribution in [0.1, 0.15) is 36.1 Å². The van der Waals surface area contributed by atoms with E-state index in [4.69, 9.17) is 32.0 Å². The molecule has 6 aromatic rings. The van der Waals surface area contributed by atoms with Gasteiger partial charge in [0.15, 0.2) is 22.9 Å². The van der Waals surface area contributed by atoms with Gasteiger partial charge >= 0.3 is 59.1 Å². The Morgan fingerprint density at radius 2 is 1.02 bits per heavy atom. The third-order valence-corrected chi connectivity index (χ3v) is 12.4. The Labute approximate surface area is 423 Å². The summed E-state index contributed by atoms with van der Waals surface area (Å²) in [6.45, 7) is -0.211. The third kappa shape index (κ3) is 13.9. The average Bonchev–Trinajstić information content (AvgIpc) is 4.10. The van der Waals surface area contributed by atoms with Crippen molar-refractivity contribution in [2.24, 2.45) is 23.3 Å². The summed E-state index contributed by atoms with van der Waals surface area (Å²) in [7, 11) is -9.21. The summed E-state index contributed by atoms with van der Waals surface area (Å²) < 4.78 is 38.2. The van der Waals surface area contributed by atoms with E-state index in [2.05, 4.69) is 29.9 Å². The first-order valence-electron chi connectivity index (χ1n) is 20.0. The van der Waals surface area contributed by atoms with E-state index in [1.807, 2.05) is 104 Å². The number of nitrogen functional groups attached to an aromatic ring is 2. The van der Waals surface area contributed by atoms with Gasteiger partial charge in [0.25, 0.3) is 0 Å². The second kappa shape index (κ2) is 23.7. The van der Waals surface area contributed by atoms with E-state index in [1.165, 1.54) is 12.7 Å². The normalized spacial score (nSPS) is 20.2. The number of carbonyl (C=O) groups excluding carboxylic acids is 2. The van der Waals surface area contributed by atoms with E-state index >= 15 is 0 Å². The van der Waals surface area contributed by atoms with Crippen LogP contribution >= 0.6 is 15.5 Å². The zero-order valence-corrected chi connectivity index (χ0v) is 41.9. The first-order valence-corrected chi connectivity index (χ1v) is 23.1. The first-order chi connectivity index (χ1) is 30.6. The fraction of sp³-hybridized carbons (Fsp3) is 0.300. The number of hydrogen-bond acceptors (Lipinski definition) is 18. The van der Waals surface area contributed by atoms with Crippen LogP contribution in [0, 0.1) is 11.8 Å². The number of allylic oxidation sites excluding steroid dienone is 2. The quantitative estimate of drug-likeness (QED) is 0.0302. The summed E-state index contributed by atoms with van der Waals surface area (Å²) in [4.78, 5) is 73.6. The Bertz CT molecular complexity index is 2560. The van der Waals surface area contributed by atoms with E-state index < -0.39 is 39.4 Å². The molecule has 4 aromatic heterocycles. The zero-order chi connectivity index (χ0) is 45.4. The second-order valence-corrected chi connectivity index (χ2v) is 18.1. The fourth-order valence-corrected chi connectivity index (χ4v) is 8.98. The molecule has 0 spiro atoms. The van der Waals surface area contributed by atoms with Crippen LogP contribution in [0.5, 0.6) is 0 Å². The number of benzene rings is 2. The van der Waals surface area contributed by atoms with Crippen LogP contribution in [0.15, 0.2) is 110 Å². The number of amides is 2. The van der Waals surface area contributed by atoms with Crippen molar-refractivity contribution in [3.05, 3.63) is 121 Å². The van der Waals surface area contributed by atoms with Crippen LogP contribution in [0.2, 0.25) is 0 Å². The minimum atomic E-state index is -4.60. The molecule has 66 heavy (non-hydrogen) atoms. The van der Waals surface area contributed by atoms with Gasteiger partial charge in [-0.3, -0.25) is 28.9 Å². The maximum absolute atomic E-state index is 12.2. The molecule has 0 radical (unpaired) electrons. The molecule has 0 saturated carbocycles. The number of fused-ring (bicyclic) bond motifs is 2. The Hall–Kier alpha value is -4.22. The molecule has 336 valence electrons. The number of aromatic nitrogens is 8. The van der Waals surface area contributed by atoms with E-state index in [-0.39, 0.29) is 109 Å². The summed E-state index contributed by atoms with van der Waals surface area (Å²) in [6.07, 6.45) is 15.2. The topological polar surface area (TPSA) is 348 Å². The van der Waals surface area contributed by atoms with Gasteiger partial charge < -0.3 is 50.9 Å². The van der Waals surface area contributed by atoms with Gasteiger partial charge in [0, 0.05) is 11.8 Å². The molecule has 2 aliphatic rings. The van der Waals surface area contributed by atoms with E-state index in [9.17, 15) is 28.5 Å². The molecule has 10 N–H and O–H groups in total. The molecule has 8 atom stereocenters. The summed E-state index contributed by atoms with van der Waals surface area (Å²) in [5.41, 5.74) is 27.2. The van der Waals surface area contributed by atoms with Gasteiger partial charge in [-0.25, -0.2) is 29.9 Å². The SMILES string of the molecule is Nc1ncnc2c1ncn2[C@@H]1C=C[C@H](COP(=O)([O-])NC(=O)[C@@H](N)Cc2ccccc2)C1.Nc1ncnc2c1ncn2[C@@H]1C=C[C@H](COP(=O)([O-])NC(=O)[C@@H](N)Cc2ccccc2)C1.[Na+].[Na+]. The smallest absolute Gasteiger partial charge is 0.762 e. The summed E-state index contributed by atoms with van der Waals surface area (Å²) in [5.74, 6) is -1.38. The largest absolute Gasteiger partial charge is 1.00 e. The number of rotatable bonds is 16. The number of nitrogens with one attached hydrogen (secondary N) is 2. The maximum atomic E-state index is 12.2. The predicted octanol–water partition coefficient (Wildman–Crippen LogP) is -4.60. The molecule has 0 bridgehead atoms. The van der Waals surface area contributed by atoms with Crippen molar-refractivity contribution in [1.82, 2.24) is 49.2 Å². The fourth-order valence-electron chi connectivity index (χ4n) is 7.20. The zero-order valence-electron chi connectivity index (χ0n) is 36.1. The van der Waals surface area contributed by atoms with Gasteiger partial charge in [0.1, 0.15) is 23.7 Å². The van der Waals surface area contributed by atoms with Crippen molar-refractivity contribution in [3.8, 4) is 0 Å². The number of nitrogens with zero attached hydrogens (tertiary/aromatic N) is 8. The molecule has 2 amide bonds. The number of anilines is 2. The Morgan fingerprint density at radius 3 is 1.39 bits per heavy atom. The first kappa shape index (κ1) is 52.7. The number of hydrogen-bond donors (Lipinski definition) is 6. The molecule has 2 unspecified atom stereocenters. The van der Waals surface area contributed by atoms with Crippen LogP contribution in [0.3, 0.4) is 0 Å². The summed E-state index contributed by atoms with van der Waals surface area (Å²) in [5, 5.41) is 3.83. The van der Waals surface area contributed by atoms with Gasteiger partial charge in [-0.1, -0.05) is 85.0 Å². The van der Waals surface area contributed by atoms with E-state index in [0.29, 0.717) is 46.8 Å². The molecule has 4 heterocycles. The number of imidazole rings is 2. The minimum Gasteiger partial charge on any atom is -0.762 e. The Kier molecular flexibility index (Phi) is 18.9. The maximum Gasteiger partial charge on any atom is 1.00 e. The van der Waals surface area contributed by atoms with Gasteiger partial charge in [0.05, 0.1) is 50.0 Å². The van der Waals surface area contributed by atoms with Crippen molar-refractivity contribution in [2.75, 3.05) is 24.7 Å². The molecule has 0 saturated heterocycles. The summed E-state index contributed by atoms with van der Waals surface area (Å²) >= 11 is 0. The van der Waals surface area contributed by atoms with Crippen molar-refractivity contribution in [1.29, 1.82) is 0 Å². The van der Waals surface area contributed by atoms with Crippen LogP contribution in [0.4, 0.5) is 11.6 Å². The van der Waals surface area contributed by atoms with Crippen LogP contribution in [0.25, 0.3) is 22.3 Å². The minimum absolute atomic E-state index is 0. The summed E-state index contributed by atoms with van der Waals surface area (Å²) in [6, 6.07) is 16.0.